The number of ether oxygens (including phenoxy) is 2. The summed E-state index contributed by atoms with van der Waals surface area (Å²) in [5, 5.41) is 4.73. The summed E-state index contributed by atoms with van der Waals surface area (Å²) in [6.07, 6.45) is 1.29. The number of nitrogens with two attached hydrogens (primary N) is 1. The average Bonchev–Trinajstić information content (AvgIpc) is 3.49. The van der Waals surface area contributed by atoms with E-state index in [0.717, 1.165) is 45.0 Å². The third kappa shape index (κ3) is 5.50. The molecule has 178 valence electrons. The van der Waals surface area contributed by atoms with Crippen LogP contribution >= 0.6 is 11.3 Å². The minimum atomic E-state index is -0.568. The zero-order valence-corrected chi connectivity index (χ0v) is 20.4. The fourth-order valence-electron chi connectivity index (χ4n) is 4.46. The van der Waals surface area contributed by atoms with Gasteiger partial charge in [-0.15, -0.1) is 11.3 Å². The number of fused-ring (bicyclic) bond motifs is 3. The first kappa shape index (κ1) is 24.0. The number of thiophene rings is 1. The second-order valence-electron chi connectivity index (χ2n) is 8.30. The Balaban J connectivity index is 0.000000166. The van der Waals surface area contributed by atoms with E-state index in [4.69, 9.17) is 15.2 Å². The fourth-order valence-corrected chi connectivity index (χ4v) is 5.68. The van der Waals surface area contributed by atoms with E-state index in [1.807, 2.05) is 36.4 Å². The second-order valence-corrected chi connectivity index (χ2v) is 9.35. The van der Waals surface area contributed by atoms with Gasteiger partial charge in [0.15, 0.2) is 0 Å². The van der Waals surface area contributed by atoms with Crippen molar-refractivity contribution in [2.75, 3.05) is 45.8 Å². The number of methoxy groups -OCH3 is 2. The van der Waals surface area contributed by atoms with Gasteiger partial charge in [0.1, 0.15) is 5.75 Å². The van der Waals surface area contributed by atoms with Crippen LogP contribution in [0.2, 0.25) is 0 Å². The Morgan fingerprint density at radius 3 is 2.59 bits per heavy atom. The number of nitrogens with one attached hydrogen (secondary N) is 1. The van der Waals surface area contributed by atoms with Crippen molar-refractivity contribution in [3.63, 3.8) is 0 Å². The molecule has 0 bridgehead atoms. The zero-order valence-electron chi connectivity index (χ0n) is 19.6. The standard InChI is InChI=1S/C14H12N2O2S.C13H19NO/c1-18-10-7-6-9(16-14(15)17)12-8-4-2-3-5-11(8)19-13(10)12;1-15-10-9-14-8-7-13(11-14)12-5-3-2-4-6-12/h2-7H,1H3,(H3,15,16,17);2-6,13H,7-11H2,1H3. The summed E-state index contributed by atoms with van der Waals surface area (Å²) in [6.45, 7) is 4.32. The molecule has 1 aliphatic heterocycles. The van der Waals surface area contributed by atoms with E-state index in [2.05, 4.69) is 40.5 Å². The number of anilines is 1. The number of hydrogen-bond donors (Lipinski definition) is 2. The largest absolute Gasteiger partial charge is 0.495 e. The molecular weight excluding hydrogens is 446 g/mol. The maximum atomic E-state index is 11.1. The number of likely N-dealkylation sites (tertiary alicyclic amines) is 1. The van der Waals surface area contributed by atoms with Crippen molar-refractivity contribution in [3.8, 4) is 5.75 Å². The summed E-state index contributed by atoms with van der Waals surface area (Å²) in [5.74, 6) is 1.52. The first-order valence-electron chi connectivity index (χ1n) is 11.4. The lowest BCUT2D eigenvalue weighted by atomic mass is 9.99. The molecule has 0 saturated carbocycles. The Hall–Kier alpha value is -3.13. The van der Waals surface area contributed by atoms with Gasteiger partial charge in [-0.25, -0.2) is 4.79 Å². The molecule has 1 saturated heterocycles. The predicted molar refractivity (Wildman–Crippen MR) is 141 cm³/mol. The van der Waals surface area contributed by atoms with Crippen LogP contribution in [0.4, 0.5) is 10.5 Å². The number of urea groups is 1. The van der Waals surface area contributed by atoms with Crippen LogP contribution in [0.3, 0.4) is 0 Å². The molecule has 0 spiro atoms. The van der Waals surface area contributed by atoms with E-state index < -0.39 is 6.03 Å². The molecule has 2 amide bonds. The highest BCUT2D eigenvalue weighted by atomic mass is 32.1. The van der Waals surface area contributed by atoms with Gasteiger partial charge in [0.25, 0.3) is 0 Å². The van der Waals surface area contributed by atoms with Gasteiger partial charge in [-0.3, -0.25) is 0 Å². The molecule has 2 heterocycles. The van der Waals surface area contributed by atoms with Crippen LogP contribution in [-0.2, 0) is 4.74 Å². The normalized spacial score (nSPS) is 15.8. The number of carbonyl (C=O) groups is 1. The summed E-state index contributed by atoms with van der Waals surface area (Å²) in [7, 11) is 3.41. The number of benzene rings is 3. The number of nitrogens with zero attached hydrogens (tertiary/aromatic N) is 1. The summed E-state index contributed by atoms with van der Waals surface area (Å²) in [4.78, 5) is 13.6. The lowest BCUT2D eigenvalue weighted by Crippen LogP contribution is -2.24. The fraction of sp³-hybridized carbons (Fsp3) is 0.296. The molecule has 5 rings (SSSR count). The monoisotopic (exact) mass is 477 g/mol. The highest BCUT2D eigenvalue weighted by molar-refractivity contribution is 7.26. The van der Waals surface area contributed by atoms with Crippen molar-refractivity contribution in [1.29, 1.82) is 0 Å². The van der Waals surface area contributed by atoms with Crippen molar-refractivity contribution in [2.45, 2.75) is 12.3 Å². The van der Waals surface area contributed by atoms with Gasteiger partial charge in [-0.2, -0.15) is 0 Å². The van der Waals surface area contributed by atoms with Crippen molar-refractivity contribution < 1.29 is 14.3 Å². The van der Waals surface area contributed by atoms with E-state index in [0.29, 0.717) is 5.69 Å². The second kappa shape index (κ2) is 11.3. The van der Waals surface area contributed by atoms with E-state index in [1.54, 1.807) is 25.6 Å². The maximum absolute atomic E-state index is 11.1. The number of primary amides is 1. The predicted octanol–water partition coefficient (Wildman–Crippen LogP) is 5.68. The van der Waals surface area contributed by atoms with Crippen LogP contribution in [-0.4, -0.2) is 51.4 Å². The molecule has 1 fully saturated rings. The van der Waals surface area contributed by atoms with Crippen molar-refractivity contribution in [2.24, 2.45) is 5.73 Å². The Morgan fingerprint density at radius 1 is 1.09 bits per heavy atom. The molecule has 1 aliphatic rings. The van der Waals surface area contributed by atoms with Crippen LogP contribution in [0, 0.1) is 0 Å². The average molecular weight is 478 g/mol. The minimum Gasteiger partial charge on any atom is -0.495 e. The van der Waals surface area contributed by atoms with Crippen molar-refractivity contribution in [1.82, 2.24) is 4.90 Å². The maximum Gasteiger partial charge on any atom is 0.316 e. The number of amides is 2. The molecule has 4 aromatic rings. The van der Waals surface area contributed by atoms with Gasteiger partial charge >= 0.3 is 6.03 Å². The topological polar surface area (TPSA) is 76.8 Å². The SMILES string of the molecule is COCCN1CCC(c2ccccc2)C1.COc1ccc(NC(N)=O)c2c1sc1ccccc12. The minimum absolute atomic E-state index is 0.568. The van der Waals surface area contributed by atoms with Crippen LogP contribution in [0.5, 0.6) is 5.75 Å². The Labute approximate surface area is 204 Å². The molecule has 6 nitrogen and oxygen atoms in total. The number of carbonyl (C=O) groups excluding carboxylic acids is 1. The quantitative estimate of drug-likeness (QED) is 0.375. The molecule has 0 radical (unpaired) electrons. The molecule has 3 aromatic carbocycles. The van der Waals surface area contributed by atoms with Crippen molar-refractivity contribution in [3.05, 3.63) is 72.3 Å². The zero-order chi connectivity index (χ0) is 23.9. The first-order chi connectivity index (χ1) is 16.6. The van der Waals surface area contributed by atoms with Gasteiger partial charge in [-0.1, -0.05) is 48.5 Å². The van der Waals surface area contributed by atoms with Gasteiger partial charge < -0.3 is 25.4 Å². The summed E-state index contributed by atoms with van der Waals surface area (Å²) in [5.41, 5.74) is 7.41. The highest BCUT2D eigenvalue weighted by Gasteiger charge is 2.22. The van der Waals surface area contributed by atoms with Gasteiger partial charge in [0.05, 0.1) is 24.1 Å². The smallest absolute Gasteiger partial charge is 0.316 e. The van der Waals surface area contributed by atoms with Gasteiger partial charge in [0, 0.05) is 35.7 Å². The summed E-state index contributed by atoms with van der Waals surface area (Å²) >= 11 is 1.64. The highest BCUT2D eigenvalue weighted by Crippen LogP contribution is 2.43. The van der Waals surface area contributed by atoms with E-state index in [-0.39, 0.29) is 0 Å². The van der Waals surface area contributed by atoms with Crippen LogP contribution < -0.4 is 15.8 Å². The molecule has 1 unspecified atom stereocenters. The Bertz CT molecular complexity index is 1240. The Morgan fingerprint density at radius 2 is 1.85 bits per heavy atom. The van der Waals surface area contributed by atoms with Crippen LogP contribution in [0.1, 0.15) is 17.9 Å². The third-order valence-electron chi connectivity index (χ3n) is 6.12. The lowest BCUT2D eigenvalue weighted by molar-refractivity contribution is 0.160. The third-order valence-corrected chi connectivity index (χ3v) is 7.31. The van der Waals surface area contributed by atoms with Gasteiger partial charge in [0.2, 0.25) is 0 Å². The number of rotatable bonds is 6. The van der Waals surface area contributed by atoms with E-state index in [1.165, 1.54) is 25.1 Å². The number of hydrogen-bond acceptors (Lipinski definition) is 5. The molecule has 34 heavy (non-hydrogen) atoms. The lowest BCUT2D eigenvalue weighted by Gasteiger charge is -2.15. The molecule has 1 aromatic heterocycles. The van der Waals surface area contributed by atoms with Crippen LogP contribution in [0.15, 0.2) is 66.7 Å². The molecular formula is C27H31N3O3S. The molecule has 0 aliphatic carbocycles. The molecule has 7 heteroatoms. The van der Waals surface area contributed by atoms with E-state index in [9.17, 15) is 4.79 Å². The molecule has 1 atom stereocenters. The first-order valence-corrected chi connectivity index (χ1v) is 12.2. The Kier molecular flexibility index (Phi) is 8.00. The summed E-state index contributed by atoms with van der Waals surface area (Å²) in [6, 6.07) is 22.0. The summed E-state index contributed by atoms with van der Waals surface area (Å²) < 4.78 is 12.6. The molecule has 3 N–H and O–H groups in total. The van der Waals surface area contributed by atoms with Crippen LogP contribution in [0.25, 0.3) is 20.2 Å². The van der Waals surface area contributed by atoms with Crippen molar-refractivity contribution >= 4 is 43.2 Å². The van der Waals surface area contributed by atoms with E-state index >= 15 is 0 Å². The van der Waals surface area contributed by atoms with Gasteiger partial charge in [-0.05, 0) is 42.6 Å².